The minimum absolute atomic E-state index is 0.105. The fraction of sp³-hybridized carbons (Fsp3) is 0.423. The highest BCUT2D eigenvalue weighted by Crippen LogP contribution is 2.18. The van der Waals surface area contributed by atoms with Gasteiger partial charge in [-0.1, -0.05) is 74.0 Å². The molecule has 0 aliphatic rings. The first-order valence-electron chi connectivity index (χ1n) is 10.9. The molecular formula is C26H33NO4. The Morgan fingerprint density at radius 1 is 0.935 bits per heavy atom. The summed E-state index contributed by atoms with van der Waals surface area (Å²) in [6.45, 7) is 7.89. The molecule has 166 valence electrons. The highest BCUT2D eigenvalue weighted by Gasteiger charge is 2.26. The molecule has 2 aromatic rings. The summed E-state index contributed by atoms with van der Waals surface area (Å²) >= 11 is 0. The van der Waals surface area contributed by atoms with Crippen LogP contribution < -0.4 is 0 Å². The maximum Gasteiger partial charge on any atom is 0.331 e. The molecule has 0 N–H and O–H groups in total. The van der Waals surface area contributed by atoms with Crippen molar-refractivity contribution in [2.45, 2.75) is 65.0 Å². The summed E-state index contributed by atoms with van der Waals surface area (Å²) < 4.78 is 10.9. The Balaban J connectivity index is 2.33. The molecule has 0 fully saturated rings. The van der Waals surface area contributed by atoms with Crippen LogP contribution >= 0.6 is 0 Å². The van der Waals surface area contributed by atoms with Crippen LogP contribution in [-0.4, -0.2) is 35.9 Å². The third kappa shape index (κ3) is 8.75. The average Bonchev–Trinajstić information content (AvgIpc) is 2.74. The van der Waals surface area contributed by atoms with E-state index in [1.165, 1.54) is 0 Å². The predicted octanol–water partition coefficient (Wildman–Crippen LogP) is 5.36. The van der Waals surface area contributed by atoms with Gasteiger partial charge in [0.2, 0.25) is 0 Å². The number of rotatable bonds is 10. The molecule has 31 heavy (non-hydrogen) atoms. The largest absolute Gasteiger partial charge is 0.466 e. The van der Waals surface area contributed by atoms with Crippen molar-refractivity contribution in [3.05, 3.63) is 71.8 Å². The Hall–Kier alpha value is -2.95. The molecule has 0 bridgehead atoms. The van der Waals surface area contributed by atoms with Crippen LogP contribution in [0.5, 0.6) is 0 Å². The van der Waals surface area contributed by atoms with E-state index in [1.54, 1.807) is 0 Å². The molecule has 0 aliphatic carbocycles. The fourth-order valence-corrected chi connectivity index (χ4v) is 2.93. The molecule has 0 spiro atoms. The van der Waals surface area contributed by atoms with Crippen LogP contribution in [0.2, 0.25) is 0 Å². The number of ether oxygens (including phenoxy) is 2. The highest BCUT2D eigenvalue weighted by molar-refractivity contribution is 6.13. The van der Waals surface area contributed by atoms with Crippen molar-refractivity contribution in [1.29, 1.82) is 0 Å². The first-order chi connectivity index (χ1) is 14.8. The number of aliphatic imine (C=N–C) groups is 1. The van der Waals surface area contributed by atoms with E-state index in [1.807, 2.05) is 88.4 Å². The van der Waals surface area contributed by atoms with Gasteiger partial charge < -0.3 is 9.47 Å². The molecule has 2 rings (SSSR count). The summed E-state index contributed by atoms with van der Waals surface area (Å²) in [5, 5.41) is 0. The Morgan fingerprint density at radius 3 is 1.97 bits per heavy atom. The van der Waals surface area contributed by atoms with Crippen LogP contribution in [0.1, 0.15) is 64.5 Å². The van der Waals surface area contributed by atoms with Crippen molar-refractivity contribution >= 4 is 17.7 Å². The average molecular weight is 424 g/mol. The maximum absolute atomic E-state index is 12.9. The van der Waals surface area contributed by atoms with Crippen molar-refractivity contribution in [2.24, 2.45) is 4.99 Å². The molecule has 0 radical (unpaired) electrons. The van der Waals surface area contributed by atoms with E-state index >= 15 is 0 Å². The third-order valence-electron chi connectivity index (χ3n) is 4.44. The van der Waals surface area contributed by atoms with Crippen molar-refractivity contribution < 1.29 is 19.1 Å². The monoisotopic (exact) mass is 423 g/mol. The van der Waals surface area contributed by atoms with Gasteiger partial charge in [0.15, 0.2) is 0 Å². The molecule has 0 aromatic heterocycles. The first kappa shape index (κ1) is 24.3. The zero-order valence-corrected chi connectivity index (χ0v) is 19.0. The van der Waals surface area contributed by atoms with Gasteiger partial charge >= 0.3 is 11.9 Å². The Labute approximate surface area is 185 Å². The standard InChI is InChI=1S/C26H33NO4/c1-5-6-19-30-23(28)18-17-22(25(29)31-26(2,3)4)27-24(20-13-9-7-10-14-20)21-15-11-8-12-16-21/h7-16,22H,5-6,17-19H2,1-4H3/t22-/m0/s1. The summed E-state index contributed by atoms with van der Waals surface area (Å²) in [5.41, 5.74) is 1.84. The van der Waals surface area contributed by atoms with Gasteiger partial charge in [0, 0.05) is 17.5 Å². The van der Waals surface area contributed by atoms with Gasteiger partial charge in [-0.15, -0.1) is 0 Å². The molecule has 0 saturated carbocycles. The molecule has 1 atom stereocenters. The van der Waals surface area contributed by atoms with Gasteiger partial charge in [-0.25, -0.2) is 4.79 Å². The lowest BCUT2D eigenvalue weighted by Gasteiger charge is -2.23. The summed E-state index contributed by atoms with van der Waals surface area (Å²) in [7, 11) is 0. The number of hydrogen-bond acceptors (Lipinski definition) is 5. The quantitative estimate of drug-likeness (QED) is 0.293. The zero-order chi connectivity index (χ0) is 22.7. The van der Waals surface area contributed by atoms with Crippen molar-refractivity contribution in [2.75, 3.05) is 6.61 Å². The number of unbranched alkanes of at least 4 members (excludes halogenated alkanes) is 1. The maximum atomic E-state index is 12.9. The molecule has 2 aromatic carbocycles. The molecular weight excluding hydrogens is 390 g/mol. The molecule has 0 aliphatic heterocycles. The first-order valence-corrected chi connectivity index (χ1v) is 10.9. The van der Waals surface area contributed by atoms with Crippen LogP contribution in [0.25, 0.3) is 0 Å². The molecule has 0 saturated heterocycles. The number of hydrogen-bond donors (Lipinski definition) is 0. The Bertz CT molecular complexity index is 812. The normalized spacial score (nSPS) is 12.0. The lowest BCUT2D eigenvalue weighted by atomic mass is 10.0. The predicted molar refractivity (Wildman–Crippen MR) is 123 cm³/mol. The molecule has 0 unspecified atom stereocenters. The van der Waals surface area contributed by atoms with Gasteiger partial charge in [-0.2, -0.15) is 0 Å². The topological polar surface area (TPSA) is 65.0 Å². The van der Waals surface area contributed by atoms with Gasteiger partial charge in [0.25, 0.3) is 0 Å². The van der Waals surface area contributed by atoms with Crippen LogP contribution in [0.3, 0.4) is 0 Å². The Morgan fingerprint density at radius 2 is 1.48 bits per heavy atom. The van der Waals surface area contributed by atoms with Crippen molar-refractivity contribution in [3.63, 3.8) is 0 Å². The summed E-state index contributed by atoms with van der Waals surface area (Å²) in [5.74, 6) is -0.767. The Kier molecular flexibility index (Phi) is 9.44. The smallest absolute Gasteiger partial charge is 0.331 e. The molecule has 0 heterocycles. The summed E-state index contributed by atoms with van der Waals surface area (Å²) in [6.07, 6.45) is 2.11. The number of benzene rings is 2. The van der Waals surface area contributed by atoms with E-state index in [-0.39, 0.29) is 18.8 Å². The third-order valence-corrected chi connectivity index (χ3v) is 4.44. The number of carbonyl (C=O) groups excluding carboxylic acids is 2. The molecule has 0 amide bonds. The fourth-order valence-electron chi connectivity index (χ4n) is 2.93. The van der Waals surface area contributed by atoms with Crippen molar-refractivity contribution in [3.8, 4) is 0 Å². The SMILES string of the molecule is CCCCOC(=O)CC[C@H](N=C(c1ccccc1)c1ccccc1)C(=O)OC(C)(C)C. The van der Waals surface area contributed by atoms with Gasteiger partial charge in [0.1, 0.15) is 11.6 Å². The van der Waals surface area contributed by atoms with E-state index in [9.17, 15) is 9.59 Å². The molecule has 5 nitrogen and oxygen atoms in total. The van der Waals surface area contributed by atoms with Crippen LogP contribution in [0.15, 0.2) is 65.7 Å². The second kappa shape index (κ2) is 12.0. The number of esters is 2. The minimum Gasteiger partial charge on any atom is -0.466 e. The van der Waals surface area contributed by atoms with Gasteiger partial charge in [0.05, 0.1) is 12.3 Å². The van der Waals surface area contributed by atoms with E-state index in [2.05, 4.69) is 0 Å². The van der Waals surface area contributed by atoms with Crippen LogP contribution in [0.4, 0.5) is 0 Å². The van der Waals surface area contributed by atoms with Crippen molar-refractivity contribution in [1.82, 2.24) is 0 Å². The van der Waals surface area contributed by atoms with E-state index in [0.29, 0.717) is 12.3 Å². The van der Waals surface area contributed by atoms with E-state index in [4.69, 9.17) is 14.5 Å². The number of carbonyl (C=O) groups is 2. The van der Waals surface area contributed by atoms with Crippen LogP contribution in [-0.2, 0) is 19.1 Å². The van der Waals surface area contributed by atoms with E-state index < -0.39 is 17.6 Å². The van der Waals surface area contributed by atoms with Gasteiger partial charge in [-0.3, -0.25) is 9.79 Å². The van der Waals surface area contributed by atoms with Gasteiger partial charge in [-0.05, 0) is 33.6 Å². The minimum atomic E-state index is -0.812. The van der Waals surface area contributed by atoms with Crippen LogP contribution in [0, 0.1) is 0 Å². The lowest BCUT2D eigenvalue weighted by molar-refractivity contribution is -0.156. The number of nitrogens with zero attached hydrogens (tertiary/aromatic N) is 1. The second-order valence-corrected chi connectivity index (χ2v) is 8.37. The summed E-state index contributed by atoms with van der Waals surface area (Å²) in [6, 6.07) is 18.6. The zero-order valence-electron chi connectivity index (χ0n) is 19.0. The lowest BCUT2D eigenvalue weighted by Crippen LogP contribution is -2.32. The van der Waals surface area contributed by atoms with E-state index in [0.717, 1.165) is 24.0 Å². The second-order valence-electron chi connectivity index (χ2n) is 8.37. The summed E-state index contributed by atoms with van der Waals surface area (Å²) in [4.78, 5) is 29.9. The molecule has 5 heteroatoms. The highest BCUT2D eigenvalue weighted by atomic mass is 16.6.